The number of carbonyl (C=O) groups is 2. The molecule has 0 spiro atoms. The molecule has 0 amide bonds. The fraction of sp³-hybridized carbons (Fsp3) is 0.450. The molecule has 158 valence electrons. The number of tetrazole rings is 1. The summed E-state index contributed by atoms with van der Waals surface area (Å²) in [5.41, 5.74) is 0.0935. The number of carbonyl (C=O) groups excluding carboxylic acids is 2. The van der Waals surface area contributed by atoms with Crippen LogP contribution in [-0.4, -0.2) is 38.0 Å². The largest absolute Gasteiger partial charge is 0.501 e. The smallest absolute Gasteiger partial charge is 0.364 e. The average Bonchev–Trinajstić information content (AvgIpc) is 3.64. The van der Waals surface area contributed by atoms with E-state index in [0.29, 0.717) is 12.2 Å². The number of Topliss-reactive ketones (excluding diaryl/α,β-unsaturated/α-hetero) is 2. The van der Waals surface area contributed by atoms with Crippen LogP contribution in [0.15, 0.2) is 28.8 Å². The second kappa shape index (κ2) is 8.35. The quantitative estimate of drug-likeness (QED) is 0.191. The van der Waals surface area contributed by atoms with Crippen molar-refractivity contribution in [3.8, 4) is 0 Å². The molecule has 1 aromatic carbocycles. The van der Waals surface area contributed by atoms with Crippen molar-refractivity contribution in [2.24, 2.45) is 5.92 Å². The zero-order chi connectivity index (χ0) is 21.4. The minimum Gasteiger partial charge on any atom is -0.501 e. The molecule has 2 aliphatic carbocycles. The van der Waals surface area contributed by atoms with Gasteiger partial charge in [-0.2, -0.15) is 9.36 Å². The lowest BCUT2D eigenvalue weighted by Crippen LogP contribution is -2.25. The molecule has 0 radical (unpaired) electrons. The Hall–Kier alpha value is -2.45. The first kappa shape index (κ1) is 20.8. The summed E-state index contributed by atoms with van der Waals surface area (Å²) in [5.74, 6) is -0.927. The summed E-state index contributed by atoms with van der Waals surface area (Å²) < 4.78 is 7.73. The highest BCUT2D eigenvalue weighted by molar-refractivity contribution is 6.40. The summed E-state index contributed by atoms with van der Waals surface area (Å²) >= 11 is 12.8. The Kier molecular flexibility index (Phi) is 5.79. The van der Waals surface area contributed by atoms with E-state index in [-0.39, 0.29) is 51.2 Å². The third kappa shape index (κ3) is 4.06. The predicted octanol–water partition coefficient (Wildman–Crippen LogP) is 3.21. The molecule has 10 heteroatoms. The molecule has 0 atom stereocenters. The van der Waals surface area contributed by atoms with Gasteiger partial charge in [-0.05, 0) is 55.2 Å². The zero-order valence-electron chi connectivity index (χ0n) is 16.3. The Balaban J connectivity index is 1.67. The molecule has 0 N–H and O–H groups in total. The third-order valence-corrected chi connectivity index (χ3v) is 5.90. The van der Waals surface area contributed by atoms with Crippen LogP contribution in [0.25, 0.3) is 0 Å². The molecule has 0 aliphatic heterocycles. The van der Waals surface area contributed by atoms with Crippen LogP contribution >= 0.6 is 23.2 Å². The number of hydrogen-bond acceptors (Lipinski definition) is 6. The maximum Gasteiger partial charge on any atom is 0.364 e. The molecule has 1 heterocycles. The van der Waals surface area contributed by atoms with E-state index in [1.165, 1.54) is 23.1 Å². The molecule has 2 fully saturated rings. The van der Waals surface area contributed by atoms with Crippen molar-refractivity contribution in [2.45, 2.75) is 45.2 Å². The van der Waals surface area contributed by atoms with Gasteiger partial charge in [0.25, 0.3) is 0 Å². The zero-order valence-corrected chi connectivity index (χ0v) is 17.8. The van der Waals surface area contributed by atoms with Crippen LogP contribution in [0.5, 0.6) is 0 Å². The highest BCUT2D eigenvalue weighted by Gasteiger charge is 2.36. The molecule has 0 bridgehead atoms. The van der Waals surface area contributed by atoms with E-state index in [9.17, 15) is 14.4 Å². The number of hydrogen-bond donors (Lipinski definition) is 0. The number of benzene rings is 1. The van der Waals surface area contributed by atoms with Crippen LogP contribution in [-0.2, 0) is 16.1 Å². The molecule has 0 unspecified atom stereocenters. The molecular formula is C20H20Cl2N4O4. The van der Waals surface area contributed by atoms with E-state index in [1.54, 1.807) is 6.92 Å². The molecule has 0 saturated heterocycles. The molecular weight excluding hydrogens is 431 g/mol. The Labute approximate surface area is 182 Å². The van der Waals surface area contributed by atoms with Gasteiger partial charge in [0.15, 0.2) is 5.78 Å². The Bertz CT molecular complexity index is 1100. The van der Waals surface area contributed by atoms with Crippen molar-refractivity contribution < 1.29 is 14.3 Å². The first-order chi connectivity index (χ1) is 14.4. The lowest BCUT2D eigenvalue weighted by Gasteiger charge is -2.12. The van der Waals surface area contributed by atoms with Crippen LogP contribution in [0.4, 0.5) is 0 Å². The summed E-state index contributed by atoms with van der Waals surface area (Å²) in [7, 11) is 0. The number of nitrogens with zero attached hydrogens (tertiary/aromatic N) is 4. The lowest BCUT2D eigenvalue weighted by atomic mass is 9.97. The Morgan fingerprint density at radius 3 is 2.57 bits per heavy atom. The van der Waals surface area contributed by atoms with Crippen LogP contribution < -0.4 is 5.69 Å². The molecule has 2 aliphatic rings. The van der Waals surface area contributed by atoms with Crippen LogP contribution in [0.2, 0.25) is 10.0 Å². The standard InChI is InChI=1S/C20H20Cl2N4O4/c1-2-30-10-15(18(27)11-3-4-11)19(28)13-7-8-16(21)14(17(13)22)9-25-20(29)26(24-23-25)12-5-6-12/h7-8,10-12H,2-6,9H2,1H3. The Morgan fingerprint density at radius 1 is 1.20 bits per heavy atom. The van der Waals surface area contributed by atoms with E-state index >= 15 is 0 Å². The third-order valence-electron chi connectivity index (χ3n) is 5.12. The monoisotopic (exact) mass is 450 g/mol. The van der Waals surface area contributed by atoms with Crippen molar-refractivity contribution in [3.05, 3.63) is 55.6 Å². The lowest BCUT2D eigenvalue weighted by molar-refractivity contribution is -0.116. The van der Waals surface area contributed by atoms with Crippen molar-refractivity contribution in [3.63, 3.8) is 0 Å². The van der Waals surface area contributed by atoms with Gasteiger partial charge in [0.2, 0.25) is 5.78 Å². The van der Waals surface area contributed by atoms with E-state index in [0.717, 1.165) is 30.4 Å². The Morgan fingerprint density at radius 2 is 1.93 bits per heavy atom. The van der Waals surface area contributed by atoms with Gasteiger partial charge < -0.3 is 4.74 Å². The molecule has 4 rings (SSSR count). The van der Waals surface area contributed by atoms with Crippen molar-refractivity contribution in [1.82, 2.24) is 19.8 Å². The van der Waals surface area contributed by atoms with Gasteiger partial charge in [0.1, 0.15) is 5.57 Å². The van der Waals surface area contributed by atoms with E-state index in [1.807, 2.05) is 0 Å². The number of ether oxygens (including phenoxy) is 1. The van der Waals surface area contributed by atoms with E-state index in [4.69, 9.17) is 27.9 Å². The SMILES string of the molecule is CCOC=C(C(=O)c1ccc(Cl)c(Cn2nnn(C3CC3)c2=O)c1Cl)C(=O)C1CC1. The minimum absolute atomic E-state index is 0.0358. The summed E-state index contributed by atoms with van der Waals surface area (Å²) in [4.78, 5) is 38.2. The summed E-state index contributed by atoms with van der Waals surface area (Å²) in [6, 6.07) is 3.08. The number of aromatic nitrogens is 4. The molecule has 30 heavy (non-hydrogen) atoms. The second-order valence-electron chi connectivity index (χ2n) is 7.44. The molecule has 2 aromatic rings. The topological polar surface area (TPSA) is 96.1 Å². The van der Waals surface area contributed by atoms with E-state index < -0.39 is 5.78 Å². The molecule has 1 aromatic heterocycles. The maximum absolute atomic E-state index is 13.1. The first-order valence-electron chi connectivity index (χ1n) is 9.82. The summed E-state index contributed by atoms with van der Waals surface area (Å²) in [6.45, 7) is 2.05. The summed E-state index contributed by atoms with van der Waals surface area (Å²) in [6.07, 6.45) is 4.52. The number of halogens is 2. The normalized spacial score (nSPS) is 16.6. The van der Waals surface area contributed by atoms with Crippen LogP contribution in [0.3, 0.4) is 0 Å². The summed E-state index contributed by atoms with van der Waals surface area (Å²) in [5, 5.41) is 8.15. The van der Waals surface area contributed by atoms with Gasteiger partial charge in [-0.1, -0.05) is 23.2 Å². The number of rotatable bonds is 9. The van der Waals surface area contributed by atoms with E-state index in [2.05, 4.69) is 10.4 Å². The van der Waals surface area contributed by atoms with Gasteiger partial charge in [-0.15, -0.1) is 0 Å². The van der Waals surface area contributed by atoms with Gasteiger partial charge in [-0.3, -0.25) is 9.59 Å². The second-order valence-corrected chi connectivity index (χ2v) is 8.22. The average molecular weight is 451 g/mol. The van der Waals surface area contributed by atoms with Crippen molar-refractivity contribution in [1.29, 1.82) is 0 Å². The maximum atomic E-state index is 13.1. The van der Waals surface area contributed by atoms with Gasteiger partial charge >= 0.3 is 5.69 Å². The highest BCUT2D eigenvalue weighted by Crippen LogP contribution is 2.35. The van der Waals surface area contributed by atoms with Crippen molar-refractivity contribution in [2.75, 3.05) is 6.61 Å². The highest BCUT2D eigenvalue weighted by atomic mass is 35.5. The van der Waals surface area contributed by atoms with Crippen LogP contribution in [0, 0.1) is 5.92 Å². The fourth-order valence-corrected chi connectivity index (χ4v) is 3.68. The van der Waals surface area contributed by atoms with Crippen molar-refractivity contribution >= 4 is 34.8 Å². The molecule has 2 saturated carbocycles. The molecule has 8 nitrogen and oxygen atoms in total. The predicted molar refractivity (Wildman–Crippen MR) is 110 cm³/mol. The van der Waals surface area contributed by atoms with Gasteiger partial charge in [0, 0.05) is 22.1 Å². The number of allylic oxidation sites excluding steroid dienone is 1. The fourth-order valence-electron chi connectivity index (χ4n) is 3.10. The minimum atomic E-state index is -0.530. The number of ketones is 2. The first-order valence-corrected chi connectivity index (χ1v) is 10.6. The van der Waals surface area contributed by atoms with Gasteiger partial charge in [-0.25, -0.2) is 4.79 Å². The van der Waals surface area contributed by atoms with Crippen LogP contribution in [0.1, 0.15) is 54.6 Å². The van der Waals surface area contributed by atoms with Gasteiger partial charge in [0.05, 0.1) is 30.5 Å².